The van der Waals surface area contributed by atoms with Gasteiger partial charge in [-0.1, -0.05) is 49.8 Å². The van der Waals surface area contributed by atoms with Crippen LogP contribution in [0.15, 0.2) is 53.6 Å². The number of allylic oxidation sites excluding steroid dienone is 4. The summed E-state index contributed by atoms with van der Waals surface area (Å²) in [5.41, 5.74) is 5.79. The fourth-order valence-corrected chi connectivity index (χ4v) is 4.28. The topological polar surface area (TPSA) is 47.8 Å². The Balaban J connectivity index is 2.17. The predicted octanol–water partition coefficient (Wildman–Crippen LogP) is 6.97. The van der Waals surface area contributed by atoms with Crippen molar-refractivity contribution in [2.45, 2.75) is 77.6 Å². The van der Waals surface area contributed by atoms with Crippen LogP contribution in [-0.4, -0.2) is 17.8 Å². The van der Waals surface area contributed by atoms with E-state index in [1.807, 2.05) is 12.1 Å². The summed E-state index contributed by atoms with van der Waals surface area (Å²) in [6.45, 7) is 11.7. The van der Waals surface area contributed by atoms with Crippen molar-refractivity contribution in [1.82, 2.24) is 5.32 Å². The summed E-state index contributed by atoms with van der Waals surface area (Å²) < 4.78 is 0. The molecular weight excluding hydrogens is 398 g/mol. The highest BCUT2D eigenvalue weighted by atomic mass is 32.1. The molecular formula is C27H39N3S. The van der Waals surface area contributed by atoms with Gasteiger partial charge in [0.25, 0.3) is 0 Å². The van der Waals surface area contributed by atoms with Crippen molar-refractivity contribution in [3.63, 3.8) is 0 Å². The Labute approximate surface area is 195 Å². The molecule has 4 heteroatoms. The fraction of sp³-hybridized carbons (Fsp3) is 0.519. The van der Waals surface area contributed by atoms with Crippen molar-refractivity contribution in [2.75, 3.05) is 11.9 Å². The van der Waals surface area contributed by atoms with Crippen LogP contribution in [0.1, 0.15) is 77.5 Å². The molecule has 2 N–H and O–H groups in total. The molecule has 31 heavy (non-hydrogen) atoms. The van der Waals surface area contributed by atoms with E-state index < -0.39 is 0 Å². The first-order chi connectivity index (χ1) is 14.8. The maximum absolute atomic E-state index is 9.61. The Hall–Kier alpha value is -1.96. The smallest absolute Gasteiger partial charge is 0.101 e. The second-order valence-corrected chi connectivity index (χ2v) is 9.71. The molecule has 3 atom stereocenters. The van der Waals surface area contributed by atoms with Gasteiger partial charge in [-0.2, -0.15) is 17.9 Å². The summed E-state index contributed by atoms with van der Waals surface area (Å²) in [5.74, 6) is 0.593. The molecule has 1 aromatic carbocycles. The molecule has 1 aliphatic carbocycles. The van der Waals surface area contributed by atoms with Gasteiger partial charge in [-0.05, 0) is 75.6 Å². The van der Waals surface area contributed by atoms with Crippen LogP contribution in [0.3, 0.4) is 0 Å². The van der Waals surface area contributed by atoms with Gasteiger partial charge in [0.1, 0.15) is 6.07 Å². The summed E-state index contributed by atoms with van der Waals surface area (Å²) in [7, 11) is 0. The van der Waals surface area contributed by atoms with Gasteiger partial charge >= 0.3 is 0 Å². The van der Waals surface area contributed by atoms with Gasteiger partial charge in [-0.25, -0.2) is 0 Å². The standard InChI is InChI=1S/C27H39N3S/c1-6-26(22-14-15-27(30-19(2)3)24(16-22)17-28)29-18-23-12-9-10-20(4)25(23)13-8-7-11-21(5)31/h7-8,11,13-16,19-21,26,29-31H,6,9-10,12,18H2,1-5H3/b11-7+,13-8-. The van der Waals surface area contributed by atoms with Gasteiger partial charge in [0.15, 0.2) is 0 Å². The molecule has 3 unspecified atom stereocenters. The zero-order chi connectivity index (χ0) is 22.8. The number of hydrogen-bond acceptors (Lipinski definition) is 4. The van der Waals surface area contributed by atoms with Crippen molar-refractivity contribution in [3.8, 4) is 6.07 Å². The van der Waals surface area contributed by atoms with E-state index in [1.54, 1.807) is 0 Å². The Morgan fingerprint density at radius 1 is 1.26 bits per heavy atom. The average molecular weight is 438 g/mol. The number of rotatable bonds is 10. The molecule has 0 aromatic heterocycles. The Kier molecular flexibility index (Phi) is 10.4. The summed E-state index contributed by atoms with van der Waals surface area (Å²) in [6, 6.07) is 9.12. The van der Waals surface area contributed by atoms with Gasteiger partial charge in [0.05, 0.1) is 11.3 Å². The number of nitriles is 1. The van der Waals surface area contributed by atoms with Crippen molar-refractivity contribution in [1.29, 1.82) is 5.26 Å². The van der Waals surface area contributed by atoms with E-state index in [1.165, 1.54) is 29.6 Å². The summed E-state index contributed by atoms with van der Waals surface area (Å²) in [6.07, 6.45) is 13.3. The molecule has 0 aliphatic heterocycles. The van der Waals surface area contributed by atoms with Gasteiger partial charge in [-0.15, -0.1) is 0 Å². The maximum Gasteiger partial charge on any atom is 0.101 e. The third-order valence-electron chi connectivity index (χ3n) is 5.81. The fourth-order valence-electron chi connectivity index (χ4n) is 4.18. The molecule has 2 rings (SSSR count). The van der Waals surface area contributed by atoms with E-state index in [0.717, 1.165) is 25.1 Å². The monoisotopic (exact) mass is 437 g/mol. The first-order valence-electron chi connectivity index (χ1n) is 11.6. The maximum atomic E-state index is 9.61. The highest BCUT2D eigenvalue weighted by Crippen LogP contribution is 2.31. The second-order valence-electron chi connectivity index (χ2n) is 8.89. The largest absolute Gasteiger partial charge is 0.382 e. The zero-order valence-electron chi connectivity index (χ0n) is 19.8. The Morgan fingerprint density at radius 3 is 2.68 bits per heavy atom. The molecule has 0 radical (unpaired) electrons. The van der Waals surface area contributed by atoms with Crippen molar-refractivity contribution in [3.05, 3.63) is 64.8 Å². The van der Waals surface area contributed by atoms with Crippen LogP contribution >= 0.6 is 12.6 Å². The van der Waals surface area contributed by atoms with Crippen LogP contribution in [0.25, 0.3) is 0 Å². The lowest BCUT2D eigenvalue weighted by Crippen LogP contribution is -2.25. The molecule has 3 nitrogen and oxygen atoms in total. The zero-order valence-corrected chi connectivity index (χ0v) is 20.7. The van der Waals surface area contributed by atoms with Crippen molar-refractivity contribution < 1.29 is 0 Å². The van der Waals surface area contributed by atoms with E-state index in [0.29, 0.717) is 17.5 Å². The SMILES string of the molecule is CCC(NCC1=C(/C=C\C=C\C(C)S)C(C)CCC1)c1ccc(NC(C)C)c(C#N)c1. The lowest BCUT2D eigenvalue weighted by Gasteiger charge is -2.27. The van der Waals surface area contributed by atoms with E-state index in [4.69, 9.17) is 0 Å². The molecule has 0 heterocycles. The number of thiol groups is 1. The third-order valence-corrected chi connectivity index (χ3v) is 5.98. The summed E-state index contributed by atoms with van der Waals surface area (Å²) in [5, 5.41) is 17.0. The number of nitrogens with zero attached hydrogens (tertiary/aromatic N) is 1. The van der Waals surface area contributed by atoms with E-state index >= 15 is 0 Å². The highest BCUT2D eigenvalue weighted by molar-refractivity contribution is 7.81. The lowest BCUT2D eigenvalue weighted by atomic mass is 9.83. The van der Waals surface area contributed by atoms with E-state index in [2.05, 4.69) is 94.3 Å². The van der Waals surface area contributed by atoms with Gasteiger partial charge in [-0.3, -0.25) is 0 Å². The minimum atomic E-state index is 0.236. The highest BCUT2D eigenvalue weighted by Gasteiger charge is 2.19. The molecule has 0 fully saturated rings. The van der Waals surface area contributed by atoms with Crippen LogP contribution in [0.2, 0.25) is 0 Å². The van der Waals surface area contributed by atoms with Crippen LogP contribution in [0.5, 0.6) is 0 Å². The molecule has 0 spiro atoms. The van der Waals surface area contributed by atoms with Gasteiger partial charge in [0, 0.05) is 23.9 Å². The first kappa shape index (κ1) is 25.3. The van der Waals surface area contributed by atoms with Gasteiger partial charge in [0.2, 0.25) is 0 Å². The molecule has 1 aliphatic rings. The summed E-state index contributed by atoms with van der Waals surface area (Å²) in [4.78, 5) is 0. The first-order valence-corrected chi connectivity index (χ1v) is 12.2. The van der Waals surface area contributed by atoms with Gasteiger partial charge < -0.3 is 10.6 Å². The number of benzene rings is 1. The molecule has 0 saturated heterocycles. The minimum absolute atomic E-state index is 0.236. The molecule has 168 valence electrons. The summed E-state index contributed by atoms with van der Waals surface area (Å²) >= 11 is 4.40. The van der Waals surface area contributed by atoms with Crippen LogP contribution in [-0.2, 0) is 0 Å². The number of nitrogens with one attached hydrogen (secondary N) is 2. The number of hydrogen-bond donors (Lipinski definition) is 3. The van der Waals surface area contributed by atoms with Crippen molar-refractivity contribution in [2.24, 2.45) is 5.92 Å². The predicted molar refractivity (Wildman–Crippen MR) is 138 cm³/mol. The Bertz CT molecular complexity index is 843. The van der Waals surface area contributed by atoms with Crippen LogP contribution in [0, 0.1) is 17.2 Å². The number of anilines is 1. The average Bonchev–Trinajstić information content (AvgIpc) is 2.73. The van der Waals surface area contributed by atoms with Crippen molar-refractivity contribution >= 4 is 18.3 Å². The third kappa shape index (κ3) is 7.91. The molecule has 0 amide bonds. The lowest BCUT2D eigenvalue weighted by molar-refractivity contribution is 0.500. The van der Waals surface area contributed by atoms with E-state index in [-0.39, 0.29) is 11.3 Å². The molecule has 0 bridgehead atoms. The van der Waals surface area contributed by atoms with Crippen LogP contribution in [0.4, 0.5) is 5.69 Å². The van der Waals surface area contributed by atoms with Crippen LogP contribution < -0.4 is 10.6 Å². The minimum Gasteiger partial charge on any atom is -0.382 e. The normalized spacial score (nSPS) is 19.2. The van der Waals surface area contributed by atoms with E-state index in [9.17, 15) is 5.26 Å². The quantitative estimate of drug-likeness (QED) is 0.274. The molecule has 1 aromatic rings. The molecule has 0 saturated carbocycles. The Morgan fingerprint density at radius 2 is 2.03 bits per heavy atom. The second kappa shape index (κ2) is 12.8.